The first kappa shape index (κ1) is 15.2. The zero-order chi connectivity index (χ0) is 15.5. The van der Waals surface area contributed by atoms with Gasteiger partial charge in [-0.05, 0) is 12.8 Å². The van der Waals surface area contributed by atoms with Crippen molar-refractivity contribution in [2.45, 2.75) is 45.1 Å². The first-order chi connectivity index (χ1) is 8.86. The molecule has 0 aromatic rings. The number of ether oxygens (including phenoxy) is 1. The van der Waals surface area contributed by atoms with Crippen molar-refractivity contribution in [3.8, 4) is 0 Å². The van der Waals surface area contributed by atoms with Gasteiger partial charge < -0.3 is 4.74 Å². The number of esters is 1. The molecule has 0 N–H and O–H groups in total. The SMILES string of the molecule is CC(=O)OC1CC2(C)CC1C(C(F)(F)F)=C2C(F)(F)F. The lowest BCUT2D eigenvalue weighted by Crippen LogP contribution is -2.37. The maximum atomic E-state index is 13.0. The second-order valence-corrected chi connectivity index (χ2v) is 5.51. The average Bonchev–Trinajstić information content (AvgIpc) is 2.63. The normalized spacial score (nSPS) is 33.8. The summed E-state index contributed by atoms with van der Waals surface area (Å²) < 4.78 is 82.6. The average molecular weight is 302 g/mol. The van der Waals surface area contributed by atoms with Crippen LogP contribution in [0.4, 0.5) is 26.3 Å². The molecule has 0 amide bonds. The summed E-state index contributed by atoms with van der Waals surface area (Å²) in [6, 6.07) is 0. The minimum atomic E-state index is -5.08. The molecule has 1 fully saturated rings. The van der Waals surface area contributed by atoms with Gasteiger partial charge >= 0.3 is 18.3 Å². The lowest BCUT2D eigenvalue weighted by molar-refractivity contribution is -0.153. The molecule has 0 saturated heterocycles. The van der Waals surface area contributed by atoms with Crippen LogP contribution in [0.5, 0.6) is 0 Å². The third kappa shape index (κ3) is 2.29. The molecular weight excluding hydrogens is 290 g/mol. The van der Waals surface area contributed by atoms with Gasteiger partial charge in [0.15, 0.2) is 0 Å². The minimum Gasteiger partial charge on any atom is -0.462 e. The van der Waals surface area contributed by atoms with Gasteiger partial charge in [0.05, 0.1) is 0 Å². The van der Waals surface area contributed by atoms with Crippen LogP contribution >= 0.6 is 0 Å². The van der Waals surface area contributed by atoms with Gasteiger partial charge in [-0.15, -0.1) is 0 Å². The van der Waals surface area contributed by atoms with Crippen molar-refractivity contribution >= 4 is 5.97 Å². The Morgan fingerprint density at radius 2 is 1.70 bits per heavy atom. The molecule has 2 aliphatic carbocycles. The van der Waals surface area contributed by atoms with Crippen LogP contribution in [0.15, 0.2) is 11.1 Å². The fourth-order valence-electron chi connectivity index (χ4n) is 3.47. The highest BCUT2D eigenvalue weighted by Crippen LogP contribution is 2.64. The van der Waals surface area contributed by atoms with Crippen LogP contribution in [-0.2, 0) is 9.53 Å². The standard InChI is InChI=1S/C12H12F6O2/c1-5(19)20-7-4-10(2)3-6(7)8(11(13,14)15)9(10)12(16,17)18/h6-7H,3-4H2,1-2H3. The molecule has 20 heavy (non-hydrogen) atoms. The molecule has 1 saturated carbocycles. The molecule has 8 heteroatoms. The minimum absolute atomic E-state index is 0.230. The highest BCUT2D eigenvalue weighted by molar-refractivity contribution is 5.66. The molecule has 2 nitrogen and oxygen atoms in total. The summed E-state index contributed by atoms with van der Waals surface area (Å²) in [6.07, 6.45) is -11.8. The van der Waals surface area contributed by atoms with Crippen LogP contribution in [-0.4, -0.2) is 24.4 Å². The first-order valence-electron chi connectivity index (χ1n) is 5.92. The Balaban J connectivity index is 2.52. The molecule has 2 rings (SSSR count). The maximum Gasteiger partial charge on any atom is 0.413 e. The number of fused-ring (bicyclic) bond motifs is 2. The van der Waals surface area contributed by atoms with E-state index in [-0.39, 0.29) is 12.8 Å². The Labute approximate surface area is 110 Å². The van der Waals surface area contributed by atoms with E-state index in [1.165, 1.54) is 0 Å². The van der Waals surface area contributed by atoms with E-state index in [4.69, 9.17) is 4.74 Å². The van der Waals surface area contributed by atoms with Gasteiger partial charge in [0.2, 0.25) is 0 Å². The van der Waals surface area contributed by atoms with Crippen LogP contribution in [0.2, 0.25) is 0 Å². The summed E-state index contributed by atoms with van der Waals surface area (Å²) in [5.41, 5.74) is -4.73. The number of carbonyl (C=O) groups is 1. The predicted molar refractivity (Wildman–Crippen MR) is 55.5 cm³/mol. The highest BCUT2D eigenvalue weighted by Gasteiger charge is 2.66. The van der Waals surface area contributed by atoms with Crippen LogP contribution < -0.4 is 0 Å². The van der Waals surface area contributed by atoms with Crippen molar-refractivity contribution in [2.75, 3.05) is 0 Å². The second kappa shape index (κ2) is 4.14. The third-order valence-corrected chi connectivity index (χ3v) is 3.92. The first-order valence-corrected chi connectivity index (χ1v) is 5.92. The summed E-state index contributed by atoms with van der Waals surface area (Å²) in [4.78, 5) is 10.9. The van der Waals surface area contributed by atoms with Crippen molar-refractivity contribution in [3.63, 3.8) is 0 Å². The van der Waals surface area contributed by atoms with E-state index < -0.39 is 46.9 Å². The molecule has 3 atom stereocenters. The van der Waals surface area contributed by atoms with Crippen LogP contribution in [0.1, 0.15) is 26.7 Å². The molecule has 0 radical (unpaired) electrons. The van der Waals surface area contributed by atoms with Crippen molar-refractivity contribution in [2.24, 2.45) is 11.3 Å². The van der Waals surface area contributed by atoms with Gasteiger partial charge in [-0.3, -0.25) is 4.79 Å². The number of rotatable bonds is 1. The van der Waals surface area contributed by atoms with E-state index in [0.717, 1.165) is 13.8 Å². The quantitative estimate of drug-likeness (QED) is 0.419. The van der Waals surface area contributed by atoms with Crippen LogP contribution in [0, 0.1) is 11.3 Å². The van der Waals surface area contributed by atoms with Gasteiger partial charge in [0.25, 0.3) is 0 Å². The number of hydrogen-bond donors (Lipinski definition) is 0. The van der Waals surface area contributed by atoms with Crippen molar-refractivity contribution in [3.05, 3.63) is 11.1 Å². The second-order valence-electron chi connectivity index (χ2n) is 5.51. The molecule has 0 aromatic carbocycles. The molecule has 114 valence electrons. The van der Waals surface area contributed by atoms with E-state index in [1.807, 2.05) is 0 Å². The van der Waals surface area contributed by atoms with E-state index in [9.17, 15) is 31.1 Å². The topological polar surface area (TPSA) is 26.3 Å². The molecular formula is C12H12F6O2. The number of hydrogen-bond acceptors (Lipinski definition) is 2. The maximum absolute atomic E-state index is 13.0. The number of alkyl halides is 6. The molecule has 3 unspecified atom stereocenters. The number of carbonyl (C=O) groups excluding carboxylic acids is 1. The van der Waals surface area contributed by atoms with Gasteiger partial charge in [0, 0.05) is 29.4 Å². The Bertz CT molecular complexity index is 475. The zero-order valence-corrected chi connectivity index (χ0v) is 10.7. The lowest BCUT2D eigenvalue weighted by Gasteiger charge is -2.33. The van der Waals surface area contributed by atoms with Crippen molar-refractivity contribution in [1.82, 2.24) is 0 Å². The van der Waals surface area contributed by atoms with Crippen LogP contribution in [0.3, 0.4) is 0 Å². The van der Waals surface area contributed by atoms with Gasteiger partial charge in [-0.1, -0.05) is 6.92 Å². The van der Waals surface area contributed by atoms with E-state index in [0.29, 0.717) is 0 Å². The molecule has 0 aromatic heterocycles. The Hall–Kier alpha value is -1.21. The molecule has 0 aliphatic heterocycles. The highest BCUT2D eigenvalue weighted by atomic mass is 19.4. The lowest BCUT2D eigenvalue weighted by atomic mass is 9.79. The number of halogens is 6. The fourth-order valence-corrected chi connectivity index (χ4v) is 3.47. The molecule has 0 spiro atoms. The van der Waals surface area contributed by atoms with Gasteiger partial charge in [-0.2, -0.15) is 26.3 Å². The Morgan fingerprint density at radius 3 is 2.10 bits per heavy atom. The summed E-state index contributed by atoms with van der Waals surface area (Å²) in [5.74, 6) is -2.22. The third-order valence-electron chi connectivity index (χ3n) is 3.92. The largest absolute Gasteiger partial charge is 0.462 e. The monoisotopic (exact) mass is 302 g/mol. The molecule has 0 heterocycles. The summed E-state index contributed by atoms with van der Waals surface area (Å²) in [6.45, 7) is 2.17. The van der Waals surface area contributed by atoms with Gasteiger partial charge in [-0.25, -0.2) is 0 Å². The Morgan fingerprint density at radius 1 is 1.15 bits per heavy atom. The van der Waals surface area contributed by atoms with Crippen molar-refractivity contribution in [1.29, 1.82) is 0 Å². The van der Waals surface area contributed by atoms with Crippen molar-refractivity contribution < 1.29 is 35.9 Å². The van der Waals surface area contributed by atoms with E-state index in [1.54, 1.807) is 0 Å². The summed E-state index contributed by atoms with van der Waals surface area (Å²) >= 11 is 0. The summed E-state index contributed by atoms with van der Waals surface area (Å²) in [7, 11) is 0. The fraction of sp³-hybridized carbons (Fsp3) is 0.750. The number of allylic oxidation sites excluding steroid dienone is 1. The van der Waals surface area contributed by atoms with Crippen LogP contribution in [0.25, 0.3) is 0 Å². The molecule has 2 bridgehead atoms. The van der Waals surface area contributed by atoms with E-state index in [2.05, 4.69) is 0 Å². The summed E-state index contributed by atoms with van der Waals surface area (Å²) in [5, 5.41) is 0. The smallest absolute Gasteiger partial charge is 0.413 e. The zero-order valence-electron chi connectivity index (χ0n) is 10.7. The molecule has 2 aliphatic rings. The van der Waals surface area contributed by atoms with Gasteiger partial charge in [0.1, 0.15) is 6.10 Å². The predicted octanol–water partition coefficient (Wildman–Crippen LogP) is 3.77. The Kier molecular flexibility index (Phi) is 3.15. The van der Waals surface area contributed by atoms with E-state index >= 15 is 0 Å².